The van der Waals surface area contributed by atoms with Gasteiger partial charge in [-0.05, 0) is 54.4 Å². The van der Waals surface area contributed by atoms with E-state index in [0.29, 0.717) is 0 Å². The highest BCUT2D eigenvalue weighted by Gasteiger charge is 2.04. The van der Waals surface area contributed by atoms with Gasteiger partial charge in [-0.2, -0.15) is 0 Å². The van der Waals surface area contributed by atoms with Crippen LogP contribution < -0.4 is 0 Å². The zero-order chi connectivity index (χ0) is 17.5. The Kier molecular flexibility index (Phi) is 5.22. The minimum atomic E-state index is -0.0475. The van der Waals surface area contributed by atoms with Crippen molar-refractivity contribution in [2.75, 3.05) is 0 Å². The fourth-order valence-electron chi connectivity index (χ4n) is 2.27. The van der Waals surface area contributed by atoms with E-state index in [-0.39, 0.29) is 6.61 Å². The molecule has 2 aromatic heterocycles. The highest BCUT2D eigenvalue weighted by Crippen LogP contribution is 2.16. The van der Waals surface area contributed by atoms with Crippen LogP contribution in [0.25, 0.3) is 0 Å². The highest BCUT2D eigenvalue weighted by molar-refractivity contribution is 5.56. The first-order valence-electron chi connectivity index (χ1n) is 7.85. The van der Waals surface area contributed by atoms with E-state index < -0.39 is 0 Å². The molecule has 0 atom stereocenters. The molecule has 0 amide bonds. The summed E-state index contributed by atoms with van der Waals surface area (Å²) in [5, 5.41) is 9.53. The molecule has 0 spiro atoms. The third-order valence-electron chi connectivity index (χ3n) is 3.69. The third kappa shape index (κ3) is 4.32. The van der Waals surface area contributed by atoms with Crippen LogP contribution in [0.5, 0.6) is 0 Å². The minimum Gasteiger partial charge on any atom is -0.392 e. The molecule has 120 valence electrons. The van der Waals surface area contributed by atoms with Gasteiger partial charge in [0.2, 0.25) is 0 Å². The molecule has 0 saturated carbocycles. The van der Waals surface area contributed by atoms with E-state index in [1.807, 2.05) is 43.3 Å². The zero-order valence-electron chi connectivity index (χ0n) is 13.8. The van der Waals surface area contributed by atoms with Crippen molar-refractivity contribution in [1.29, 1.82) is 0 Å². The van der Waals surface area contributed by atoms with Gasteiger partial charge in [0.25, 0.3) is 0 Å². The van der Waals surface area contributed by atoms with Crippen LogP contribution >= 0.6 is 0 Å². The summed E-state index contributed by atoms with van der Waals surface area (Å²) in [4.78, 5) is 7.98. The number of aliphatic hydroxyl groups excluding tert-OH is 1. The average Bonchev–Trinajstić information content (AvgIpc) is 2.68. The molecule has 3 aromatic rings. The van der Waals surface area contributed by atoms with Crippen molar-refractivity contribution in [2.24, 2.45) is 0 Å². The van der Waals surface area contributed by atoms with Crippen LogP contribution in [0.1, 0.15) is 33.4 Å². The van der Waals surface area contributed by atoms with Crippen molar-refractivity contribution in [2.45, 2.75) is 13.5 Å². The van der Waals surface area contributed by atoms with E-state index in [1.165, 1.54) is 0 Å². The van der Waals surface area contributed by atoms with Gasteiger partial charge in [0.1, 0.15) is 0 Å². The lowest BCUT2D eigenvalue weighted by molar-refractivity contribution is 0.282. The number of benzene rings is 1. The number of hydrogen-bond acceptors (Lipinski definition) is 3. The summed E-state index contributed by atoms with van der Waals surface area (Å²) < 4.78 is 0. The van der Waals surface area contributed by atoms with Gasteiger partial charge < -0.3 is 5.11 Å². The predicted molar refractivity (Wildman–Crippen MR) is 97.5 cm³/mol. The van der Waals surface area contributed by atoms with Crippen LogP contribution in [0, 0.1) is 30.6 Å². The molecule has 3 rings (SSSR count). The Hall–Kier alpha value is -3.40. The summed E-state index contributed by atoms with van der Waals surface area (Å²) in [5.74, 6) is 12.6. The number of aliphatic hydroxyl groups is 1. The third-order valence-corrected chi connectivity index (χ3v) is 3.69. The summed E-state index contributed by atoms with van der Waals surface area (Å²) in [6, 6.07) is 11.3. The molecule has 2 heterocycles. The van der Waals surface area contributed by atoms with Gasteiger partial charge in [-0.15, -0.1) is 0 Å². The molecule has 25 heavy (non-hydrogen) atoms. The van der Waals surface area contributed by atoms with Gasteiger partial charge in [-0.3, -0.25) is 9.97 Å². The standard InChI is InChI=1S/C22H16N2O/c1-17-21(4-2-18-6-10-23-11-7-18)14-20(16-25)15-22(17)5-3-19-8-12-24-13-9-19/h6-15,25H,16H2,1H3. The Balaban J connectivity index is 2.01. The number of aromatic nitrogens is 2. The van der Waals surface area contributed by atoms with Crippen molar-refractivity contribution in [3.05, 3.63) is 94.6 Å². The van der Waals surface area contributed by atoms with Gasteiger partial charge in [0.15, 0.2) is 0 Å². The van der Waals surface area contributed by atoms with Gasteiger partial charge >= 0.3 is 0 Å². The van der Waals surface area contributed by atoms with Gasteiger partial charge in [-0.1, -0.05) is 23.7 Å². The average molecular weight is 324 g/mol. The van der Waals surface area contributed by atoms with Crippen molar-refractivity contribution in [3.8, 4) is 23.7 Å². The van der Waals surface area contributed by atoms with Gasteiger partial charge in [0, 0.05) is 47.0 Å². The van der Waals surface area contributed by atoms with E-state index in [4.69, 9.17) is 0 Å². The second-order valence-electron chi connectivity index (χ2n) is 5.45. The summed E-state index contributed by atoms with van der Waals surface area (Å²) in [5.41, 5.74) is 5.31. The van der Waals surface area contributed by atoms with Crippen molar-refractivity contribution in [1.82, 2.24) is 9.97 Å². The molecule has 0 aliphatic heterocycles. The normalized spacial score (nSPS) is 9.52. The van der Waals surface area contributed by atoms with E-state index in [9.17, 15) is 5.11 Å². The van der Waals surface area contributed by atoms with E-state index >= 15 is 0 Å². The Morgan fingerprint density at radius 2 is 1.20 bits per heavy atom. The number of hydrogen-bond donors (Lipinski definition) is 1. The molecule has 0 bridgehead atoms. The topological polar surface area (TPSA) is 46.0 Å². The van der Waals surface area contributed by atoms with Crippen LogP contribution in [0.4, 0.5) is 0 Å². The molecule has 1 aromatic carbocycles. The summed E-state index contributed by atoms with van der Waals surface area (Å²) in [6.45, 7) is 1.95. The molecule has 0 unspecified atom stereocenters. The zero-order valence-corrected chi connectivity index (χ0v) is 13.8. The molecular formula is C22H16N2O. The molecule has 1 N–H and O–H groups in total. The molecule has 3 nitrogen and oxygen atoms in total. The number of nitrogens with zero attached hydrogens (tertiary/aromatic N) is 2. The second-order valence-corrected chi connectivity index (χ2v) is 5.45. The largest absolute Gasteiger partial charge is 0.392 e. The SMILES string of the molecule is Cc1c(C#Cc2ccncc2)cc(CO)cc1C#Cc1ccncc1. The van der Waals surface area contributed by atoms with Gasteiger partial charge in [-0.25, -0.2) is 0 Å². The summed E-state index contributed by atoms with van der Waals surface area (Å²) >= 11 is 0. The maximum absolute atomic E-state index is 9.53. The maximum Gasteiger partial charge on any atom is 0.0682 e. The quantitative estimate of drug-likeness (QED) is 0.700. The van der Waals surface area contributed by atoms with Crippen molar-refractivity contribution < 1.29 is 5.11 Å². The maximum atomic E-state index is 9.53. The minimum absolute atomic E-state index is 0.0475. The van der Waals surface area contributed by atoms with E-state index in [2.05, 4.69) is 33.6 Å². The second kappa shape index (κ2) is 7.93. The van der Waals surface area contributed by atoms with Crippen LogP contribution in [0.2, 0.25) is 0 Å². The molecule has 0 aliphatic carbocycles. The first-order valence-corrected chi connectivity index (χ1v) is 7.85. The fraction of sp³-hybridized carbons (Fsp3) is 0.0909. The lowest BCUT2D eigenvalue weighted by Crippen LogP contribution is -1.94. The smallest absolute Gasteiger partial charge is 0.0682 e. The number of rotatable bonds is 1. The molecule has 0 saturated heterocycles. The van der Waals surface area contributed by atoms with E-state index in [1.54, 1.807) is 24.8 Å². The first-order chi connectivity index (χ1) is 12.3. The Labute approximate surface area is 147 Å². The van der Waals surface area contributed by atoms with Crippen LogP contribution in [0.3, 0.4) is 0 Å². The molecular weight excluding hydrogens is 308 g/mol. The summed E-state index contributed by atoms with van der Waals surface area (Å²) in [7, 11) is 0. The van der Waals surface area contributed by atoms with Crippen molar-refractivity contribution >= 4 is 0 Å². The highest BCUT2D eigenvalue weighted by atomic mass is 16.3. The Morgan fingerprint density at radius 1 is 0.760 bits per heavy atom. The Bertz CT molecular complexity index is 910. The summed E-state index contributed by atoms with van der Waals surface area (Å²) in [6.07, 6.45) is 6.86. The van der Waals surface area contributed by atoms with E-state index in [0.717, 1.165) is 33.4 Å². The lowest BCUT2D eigenvalue weighted by Gasteiger charge is -2.05. The first kappa shape index (κ1) is 16.5. The van der Waals surface area contributed by atoms with Crippen molar-refractivity contribution in [3.63, 3.8) is 0 Å². The van der Waals surface area contributed by atoms with Gasteiger partial charge in [0.05, 0.1) is 6.61 Å². The molecule has 0 aliphatic rings. The van der Waals surface area contributed by atoms with Crippen LogP contribution in [-0.2, 0) is 6.61 Å². The predicted octanol–water partition coefficient (Wildman–Crippen LogP) is 3.08. The molecule has 3 heteroatoms. The van der Waals surface area contributed by atoms with Crippen LogP contribution in [-0.4, -0.2) is 15.1 Å². The Morgan fingerprint density at radius 3 is 1.60 bits per heavy atom. The number of pyridine rings is 2. The molecule has 0 radical (unpaired) electrons. The van der Waals surface area contributed by atoms with Crippen LogP contribution in [0.15, 0.2) is 61.2 Å². The fourth-order valence-corrected chi connectivity index (χ4v) is 2.27. The molecule has 0 fully saturated rings. The monoisotopic (exact) mass is 324 g/mol. The lowest BCUT2D eigenvalue weighted by atomic mass is 9.98.